The maximum atomic E-state index is 11.6. The van der Waals surface area contributed by atoms with Crippen LogP contribution >= 0.6 is 0 Å². The average molecular weight is 197 g/mol. The molecule has 1 aromatic carbocycles. The number of unbranched alkanes of at least 4 members (excludes halogenated alkanes) is 1. The molecule has 0 bridgehead atoms. The monoisotopic (exact) mass is 197 g/mol. The van der Waals surface area contributed by atoms with E-state index in [0.29, 0.717) is 0 Å². The average Bonchev–Trinajstić information content (AvgIpc) is 2.15. The fourth-order valence-electron chi connectivity index (χ4n) is 1.01. The van der Waals surface area contributed by atoms with Crippen LogP contribution in [0.2, 0.25) is 0 Å². The summed E-state index contributed by atoms with van der Waals surface area (Å²) >= 11 is -0.847. The Morgan fingerprint density at radius 2 is 1.92 bits per heavy atom. The quantitative estimate of drug-likeness (QED) is 0.594. The van der Waals surface area contributed by atoms with Gasteiger partial charge in [0.25, 0.3) is 0 Å². The van der Waals surface area contributed by atoms with Crippen LogP contribution in [-0.2, 0) is 11.2 Å². The maximum absolute atomic E-state index is 11.6. The fraction of sp³-hybridized carbons (Fsp3) is 0.400. The Kier molecular flexibility index (Phi) is 4.12. The lowest BCUT2D eigenvalue weighted by molar-refractivity contribution is 0.591. The van der Waals surface area contributed by atoms with Gasteiger partial charge in [0, 0.05) is 5.69 Å². The molecule has 0 aliphatic heterocycles. The van der Waals surface area contributed by atoms with Crippen LogP contribution in [0, 0.1) is 0 Å². The summed E-state index contributed by atoms with van der Waals surface area (Å²) in [5.41, 5.74) is 6.25. The molecule has 2 nitrogen and oxygen atoms in total. The lowest BCUT2D eigenvalue weighted by Crippen LogP contribution is -2.06. The fourth-order valence-corrected chi connectivity index (χ4v) is 2.24. The molecule has 0 aliphatic rings. The topological polar surface area (TPSA) is 49.1 Å². The Morgan fingerprint density at radius 3 is 2.46 bits per heavy atom. The molecule has 1 atom stereocenters. The molecule has 0 saturated heterocycles. The molecule has 13 heavy (non-hydrogen) atoms. The van der Waals surface area contributed by atoms with E-state index < -0.39 is 11.2 Å². The summed E-state index contributed by atoms with van der Waals surface area (Å²) in [6.45, 7) is 2.10. The molecule has 0 saturated carbocycles. The second-order valence-electron chi connectivity index (χ2n) is 2.97. The first kappa shape index (κ1) is 10.4. The molecule has 3 heteroatoms. The predicted molar refractivity (Wildman–Crippen MR) is 57.0 cm³/mol. The number of hydrogen-bond acceptors (Lipinski definition) is 2. The van der Waals surface area contributed by atoms with Crippen molar-refractivity contribution >= 4 is 16.9 Å². The Balaban J connectivity index is 2.55. The van der Waals surface area contributed by atoms with Gasteiger partial charge in [-0.1, -0.05) is 13.3 Å². The highest BCUT2D eigenvalue weighted by Gasteiger charge is 2.08. The van der Waals surface area contributed by atoms with Gasteiger partial charge in [-0.05, 0) is 41.9 Å². The van der Waals surface area contributed by atoms with Gasteiger partial charge >= 0.3 is 0 Å². The minimum Gasteiger partial charge on any atom is -0.611 e. The van der Waals surface area contributed by atoms with Crippen molar-refractivity contribution in [2.24, 2.45) is 0 Å². The van der Waals surface area contributed by atoms with Crippen molar-refractivity contribution < 1.29 is 4.55 Å². The molecule has 0 amide bonds. The van der Waals surface area contributed by atoms with Crippen LogP contribution in [0.5, 0.6) is 0 Å². The Hall–Kier alpha value is -0.670. The molecule has 0 aromatic heterocycles. The van der Waals surface area contributed by atoms with E-state index in [1.807, 2.05) is 12.1 Å². The summed E-state index contributed by atoms with van der Waals surface area (Å²) in [6, 6.07) is 7.25. The summed E-state index contributed by atoms with van der Waals surface area (Å²) in [5, 5.41) is 0. The van der Waals surface area contributed by atoms with Crippen molar-refractivity contribution in [3.05, 3.63) is 24.3 Å². The van der Waals surface area contributed by atoms with Crippen LogP contribution in [0.3, 0.4) is 0 Å². The normalized spacial score (nSPS) is 12.8. The van der Waals surface area contributed by atoms with E-state index in [1.54, 1.807) is 12.1 Å². The second-order valence-corrected chi connectivity index (χ2v) is 4.54. The van der Waals surface area contributed by atoms with E-state index >= 15 is 0 Å². The minimum atomic E-state index is -0.847. The number of anilines is 1. The zero-order chi connectivity index (χ0) is 9.68. The third kappa shape index (κ3) is 3.28. The zero-order valence-electron chi connectivity index (χ0n) is 7.82. The molecule has 0 radical (unpaired) electrons. The standard InChI is InChI=1S/C10H15NOS/c1-2-3-8-13(12)10-6-4-9(11)5-7-10/h4-7H,2-3,8,11H2,1H3/t13-/m1/s1. The van der Waals surface area contributed by atoms with Crippen LogP contribution in [0.1, 0.15) is 19.8 Å². The van der Waals surface area contributed by atoms with E-state index in [1.165, 1.54) is 0 Å². The SMILES string of the molecule is CCCC[S@@+]([O-])c1ccc(N)cc1. The van der Waals surface area contributed by atoms with Gasteiger partial charge in [-0.25, -0.2) is 0 Å². The zero-order valence-corrected chi connectivity index (χ0v) is 8.64. The van der Waals surface area contributed by atoms with Crippen LogP contribution in [0.25, 0.3) is 0 Å². The largest absolute Gasteiger partial charge is 0.611 e. The Labute approximate surface area is 82.3 Å². The summed E-state index contributed by atoms with van der Waals surface area (Å²) in [4.78, 5) is 0.877. The molecule has 0 spiro atoms. The summed E-state index contributed by atoms with van der Waals surface area (Å²) < 4.78 is 11.6. The van der Waals surface area contributed by atoms with Crippen molar-refractivity contribution in [3.8, 4) is 0 Å². The predicted octanol–water partition coefficient (Wildman–Crippen LogP) is 2.18. The van der Waals surface area contributed by atoms with Gasteiger partial charge in [-0.2, -0.15) is 0 Å². The van der Waals surface area contributed by atoms with E-state index in [4.69, 9.17) is 5.73 Å². The van der Waals surface area contributed by atoms with E-state index in [0.717, 1.165) is 29.2 Å². The minimum absolute atomic E-state index is 0.719. The van der Waals surface area contributed by atoms with Crippen molar-refractivity contribution in [2.75, 3.05) is 11.5 Å². The summed E-state index contributed by atoms with van der Waals surface area (Å²) in [6.07, 6.45) is 2.09. The smallest absolute Gasteiger partial charge is 0.152 e. The van der Waals surface area contributed by atoms with E-state index in [2.05, 4.69) is 6.92 Å². The van der Waals surface area contributed by atoms with Gasteiger partial charge in [-0.3, -0.25) is 0 Å². The Morgan fingerprint density at radius 1 is 1.31 bits per heavy atom. The molecule has 2 N–H and O–H groups in total. The first-order chi connectivity index (χ1) is 6.24. The van der Waals surface area contributed by atoms with Crippen molar-refractivity contribution in [3.63, 3.8) is 0 Å². The molecule has 1 aromatic rings. The third-order valence-corrected chi connectivity index (χ3v) is 3.28. The number of nitrogens with two attached hydrogens (primary N) is 1. The van der Waals surface area contributed by atoms with Crippen molar-refractivity contribution in [2.45, 2.75) is 24.7 Å². The van der Waals surface area contributed by atoms with Gasteiger partial charge < -0.3 is 10.3 Å². The summed E-state index contributed by atoms with van der Waals surface area (Å²) in [7, 11) is 0. The van der Waals surface area contributed by atoms with Gasteiger partial charge in [0.15, 0.2) is 4.90 Å². The van der Waals surface area contributed by atoms with Crippen LogP contribution in [0.15, 0.2) is 29.2 Å². The summed E-state index contributed by atoms with van der Waals surface area (Å²) in [5.74, 6) is 0.750. The van der Waals surface area contributed by atoms with Crippen LogP contribution < -0.4 is 5.73 Å². The van der Waals surface area contributed by atoms with E-state index in [-0.39, 0.29) is 0 Å². The Bertz CT molecular complexity index is 248. The highest BCUT2D eigenvalue weighted by Crippen LogP contribution is 2.14. The van der Waals surface area contributed by atoms with Gasteiger partial charge in [0.05, 0.1) is 0 Å². The number of hydrogen-bond donors (Lipinski definition) is 1. The highest BCUT2D eigenvalue weighted by atomic mass is 32.2. The number of benzene rings is 1. The molecule has 1 rings (SSSR count). The van der Waals surface area contributed by atoms with Crippen molar-refractivity contribution in [1.82, 2.24) is 0 Å². The molecule has 72 valence electrons. The molecule has 0 heterocycles. The lowest BCUT2D eigenvalue weighted by Gasteiger charge is -2.09. The van der Waals surface area contributed by atoms with Crippen LogP contribution in [-0.4, -0.2) is 10.3 Å². The molecule has 0 aliphatic carbocycles. The molecule has 0 fully saturated rings. The first-order valence-corrected chi connectivity index (χ1v) is 5.80. The maximum Gasteiger partial charge on any atom is 0.152 e. The number of nitrogen functional groups attached to an aromatic ring is 1. The van der Waals surface area contributed by atoms with Crippen molar-refractivity contribution in [1.29, 1.82) is 0 Å². The van der Waals surface area contributed by atoms with E-state index in [9.17, 15) is 4.55 Å². The van der Waals surface area contributed by atoms with Gasteiger partial charge in [0.2, 0.25) is 0 Å². The van der Waals surface area contributed by atoms with Gasteiger partial charge in [0.1, 0.15) is 5.75 Å². The lowest BCUT2D eigenvalue weighted by atomic mass is 10.3. The van der Waals surface area contributed by atoms with Crippen LogP contribution in [0.4, 0.5) is 5.69 Å². The van der Waals surface area contributed by atoms with Gasteiger partial charge in [-0.15, -0.1) is 0 Å². The second kappa shape index (κ2) is 5.14. The molecular formula is C10H15NOS. The number of rotatable bonds is 4. The first-order valence-electron chi connectivity index (χ1n) is 4.48. The highest BCUT2D eigenvalue weighted by molar-refractivity contribution is 7.91. The third-order valence-electron chi connectivity index (χ3n) is 1.83. The molecule has 0 unspecified atom stereocenters. The molecular weight excluding hydrogens is 182 g/mol.